The van der Waals surface area contributed by atoms with Crippen molar-refractivity contribution in [3.8, 4) is 5.75 Å². The van der Waals surface area contributed by atoms with Gasteiger partial charge >= 0.3 is 0 Å². The third-order valence-corrected chi connectivity index (χ3v) is 3.41. The molecule has 1 aromatic rings. The van der Waals surface area contributed by atoms with Gasteiger partial charge in [-0.15, -0.1) is 0 Å². The number of ether oxygens (including phenoxy) is 1. The van der Waals surface area contributed by atoms with Gasteiger partial charge in [0.1, 0.15) is 5.75 Å². The molecule has 0 aromatic heterocycles. The molecule has 2 rings (SSSR count). The fraction of sp³-hybridized carbons (Fsp3) is 0.533. The first kappa shape index (κ1) is 13.9. The van der Waals surface area contributed by atoms with Gasteiger partial charge in [0.25, 0.3) is 0 Å². The minimum Gasteiger partial charge on any atom is -0.493 e. The molecule has 4 heteroatoms. The van der Waals surface area contributed by atoms with E-state index in [1.807, 2.05) is 24.3 Å². The predicted octanol–water partition coefficient (Wildman–Crippen LogP) is 1.67. The van der Waals surface area contributed by atoms with Gasteiger partial charge in [0, 0.05) is 18.2 Å². The maximum Gasteiger partial charge on any atom is 0.227 e. The van der Waals surface area contributed by atoms with Gasteiger partial charge in [-0.3, -0.25) is 4.79 Å². The third-order valence-electron chi connectivity index (χ3n) is 3.41. The molecule has 1 aliphatic rings. The first-order chi connectivity index (χ1) is 9.22. The van der Waals surface area contributed by atoms with Gasteiger partial charge in [0.2, 0.25) is 5.91 Å². The molecule has 1 aliphatic heterocycles. The highest BCUT2D eigenvalue weighted by molar-refractivity contribution is 5.84. The lowest BCUT2D eigenvalue weighted by atomic mass is 9.92. The molecule has 1 heterocycles. The molecule has 0 saturated carbocycles. The van der Waals surface area contributed by atoms with Gasteiger partial charge < -0.3 is 15.4 Å². The maximum atomic E-state index is 12.3. The summed E-state index contributed by atoms with van der Waals surface area (Å²) in [5.41, 5.74) is 1.00. The average molecular weight is 262 g/mol. The number of para-hydroxylation sites is 1. The monoisotopic (exact) mass is 262 g/mol. The van der Waals surface area contributed by atoms with E-state index in [0.717, 1.165) is 24.3 Å². The fourth-order valence-corrected chi connectivity index (χ4v) is 2.41. The number of amides is 1. The van der Waals surface area contributed by atoms with Crippen LogP contribution in [0.3, 0.4) is 0 Å². The molecule has 0 radical (unpaired) electrons. The van der Waals surface area contributed by atoms with Crippen LogP contribution in [0.2, 0.25) is 0 Å². The minimum absolute atomic E-state index is 0.0845. The SMILES string of the molecule is CCN[C@H](C)CNC(=O)C1CCOc2ccccc21. The van der Waals surface area contributed by atoms with Crippen LogP contribution in [0.4, 0.5) is 0 Å². The summed E-state index contributed by atoms with van der Waals surface area (Å²) in [6, 6.07) is 8.09. The predicted molar refractivity (Wildman–Crippen MR) is 75.4 cm³/mol. The highest BCUT2D eigenvalue weighted by Gasteiger charge is 2.27. The Morgan fingerprint density at radius 3 is 3.05 bits per heavy atom. The molecular formula is C15H22N2O2. The van der Waals surface area contributed by atoms with Crippen LogP contribution in [0.5, 0.6) is 5.75 Å². The number of carbonyl (C=O) groups excluding carboxylic acids is 1. The molecule has 0 aliphatic carbocycles. The Balaban J connectivity index is 1.97. The number of benzene rings is 1. The van der Waals surface area contributed by atoms with Gasteiger partial charge in [-0.05, 0) is 26.0 Å². The second-order valence-electron chi connectivity index (χ2n) is 4.93. The first-order valence-corrected chi connectivity index (χ1v) is 6.95. The lowest BCUT2D eigenvalue weighted by molar-refractivity contribution is -0.123. The Morgan fingerprint density at radius 2 is 2.26 bits per heavy atom. The molecule has 1 unspecified atom stereocenters. The van der Waals surface area contributed by atoms with Crippen molar-refractivity contribution in [2.45, 2.75) is 32.2 Å². The number of likely N-dealkylation sites (N-methyl/N-ethyl adjacent to an activating group) is 1. The summed E-state index contributed by atoms with van der Waals surface area (Å²) < 4.78 is 5.58. The van der Waals surface area contributed by atoms with Crippen LogP contribution in [-0.2, 0) is 4.79 Å². The molecule has 0 fully saturated rings. The highest BCUT2D eigenvalue weighted by atomic mass is 16.5. The van der Waals surface area contributed by atoms with E-state index in [4.69, 9.17) is 4.74 Å². The molecular weight excluding hydrogens is 240 g/mol. The third kappa shape index (κ3) is 3.47. The molecule has 19 heavy (non-hydrogen) atoms. The molecule has 1 aromatic carbocycles. The van der Waals surface area contributed by atoms with Crippen LogP contribution in [0, 0.1) is 0 Å². The Bertz CT molecular complexity index is 434. The average Bonchev–Trinajstić information content (AvgIpc) is 2.44. The molecule has 0 spiro atoms. The first-order valence-electron chi connectivity index (χ1n) is 6.95. The summed E-state index contributed by atoms with van der Waals surface area (Å²) >= 11 is 0. The number of hydrogen-bond donors (Lipinski definition) is 2. The Labute approximate surface area is 114 Å². The fourth-order valence-electron chi connectivity index (χ4n) is 2.41. The lowest BCUT2D eigenvalue weighted by Crippen LogP contribution is -2.41. The van der Waals surface area contributed by atoms with E-state index in [2.05, 4.69) is 24.5 Å². The van der Waals surface area contributed by atoms with Crippen molar-refractivity contribution in [1.82, 2.24) is 10.6 Å². The number of fused-ring (bicyclic) bond motifs is 1. The summed E-state index contributed by atoms with van der Waals surface area (Å²) in [5.74, 6) is 0.855. The minimum atomic E-state index is -0.0845. The Hall–Kier alpha value is -1.55. The zero-order valence-electron chi connectivity index (χ0n) is 11.6. The van der Waals surface area contributed by atoms with Crippen molar-refractivity contribution in [1.29, 1.82) is 0 Å². The van der Waals surface area contributed by atoms with Crippen LogP contribution in [-0.4, -0.2) is 31.6 Å². The van der Waals surface area contributed by atoms with Crippen LogP contribution >= 0.6 is 0 Å². The molecule has 2 N–H and O–H groups in total. The Morgan fingerprint density at radius 1 is 1.47 bits per heavy atom. The van der Waals surface area contributed by atoms with Crippen molar-refractivity contribution in [3.63, 3.8) is 0 Å². The van der Waals surface area contributed by atoms with E-state index in [1.54, 1.807) is 0 Å². The van der Waals surface area contributed by atoms with E-state index >= 15 is 0 Å². The van der Waals surface area contributed by atoms with Crippen LogP contribution in [0.15, 0.2) is 24.3 Å². The highest BCUT2D eigenvalue weighted by Crippen LogP contribution is 2.33. The van der Waals surface area contributed by atoms with Crippen LogP contribution < -0.4 is 15.4 Å². The zero-order chi connectivity index (χ0) is 13.7. The summed E-state index contributed by atoms with van der Waals surface area (Å²) in [6.45, 7) is 6.32. The van der Waals surface area contributed by atoms with Gasteiger partial charge in [-0.25, -0.2) is 0 Å². The second-order valence-corrected chi connectivity index (χ2v) is 4.93. The van der Waals surface area contributed by atoms with E-state index in [1.165, 1.54) is 0 Å². The van der Waals surface area contributed by atoms with Gasteiger partial charge in [-0.1, -0.05) is 25.1 Å². The van der Waals surface area contributed by atoms with Crippen molar-refractivity contribution >= 4 is 5.91 Å². The summed E-state index contributed by atoms with van der Waals surface area (Å²) in [7, 11) is 0. The standard InChI is InChI=1S/C15H22N2O2/c1-3-16-11(2)10-17-15(18)13-8-9-19-14-7-5-4-6-12(13)14/h4-7,11,13,16H,3,8-10H2,1-2H3,(H,17,18)/t11-,13?/m1/s1. The largest absolute Gasteiger partial charge is 0.493 e. The van der Waals surface area contributed by atoms with E-state index in [-0.39, 0.29) is 11.8 Å². The van der Waals surface area contributed by atoms with E-state index < -0.39 is 0 Å². The van der Waals surface area contributed by atoms with Gasteiger partial charge in [-0.2, -0.15) is 0 Å². The molecule has 2 atom stereocenters. The van der Waals surface area contributed by atoms with Crippen LogP contribution in [0.25, 0.3) is 0 Å². The van der Waals surface area contributed by atoms with Crippen molar-refractivity contribution < 1.29 is 9.53 Å². The topological polar surface area (TPSA) is 50.4 Å². The smallest absolute Gasteiger partial charge is 0.227 e. The van der Waals surface area contributed by atoms with Crippen molar-refractivity contribution in [3.05, 3.63) is 29.8 Å². The number of hydrogen-bond acceptors (Lipinski definition) is 3. The summed E-state index contributed by atoms with van der Waals surface area (Å²) in [4.78, 5) is 12.3. The quantitative estimate of drug-likeness (QED) is 0.848. The molecule has 0 saturated heterocycles. The number of nitrogens with one attached hydrogen (secondary N) is 2. The maximum absolute atomic E-state index is 12.3. The normalized spacial score (nSPS) is 19.2. The summed E-state index contributed by atoms with van der Waals surface area (Å²) in [5, 5.41) is 6.30. The van der Waals surface area contributed by atoms with Crippen LogP contribution in [0.1, 0.15) is 31.7 Å². The summed E-state index contributed by atoms with van der Waals surface area (Å²) in [6.07, 6.45) is 0.748. The van der Waals surface area contributed by atoms with Crippen molar-refractivity contribution in [2.75, 3.05) is 19.7 Å². The molecule has 1 amide bonds. The van der Waals surface area contributed by atoms with Gasteiger partial charge in [0.15, 0.2) is 0 Å². The second kappa shape index (κ2) is 6.57. The lowest BCUT2D eigenvalue weighted by Gasteiger charge is -2.25. The number of rotatable bonds is 5. The van der Waals surface area contributed by atoms with E-state index in [0.29, 0.717) is 19.2 Å². The Kier molecular flexibility index (Phi) is 4.80. The van der Waals surface area contributed by atoms with Gasteiger partial charge in [0.05, 0.1) is 12.5 Å². The molecule has 104 valence electrons. The molecule has 0 bridgehead atoms. The number of carbonyl (C=O) groups is 1. The zero-order valence-corrected chi connectivity index (χ0v) is 11.6. The molecule has 4 nitrogen and oxygen atoms in total. The van der Waals surface area contributed by atoms with E-state index in [9.17, 15) is 4.79 Å². The van der Waals surface area contributed by atoms with Crippen molar-refractivity contribution in [2.24, 2.45) is 0 Å².